The Morgan fingerprint density at radius 1 is 0.914 bits per heavy atom. The molecule has 1 aromatic heterocycles. The predicted molar refractivity (Wildman–Crippen MR) is 132 cm³/mol. The maximum Gasteiger partial charge on any atom is 0.269 e. The Morgan fingerprint density at radius 2 is 1.69 bits per heavy atom. The summed E-state index contributed by atoms with van der Waals surface area (Å²) in [5.41, 5.74) is 10.4. The average molecular weight is 468 g/mol. The molecule has 0 atom stereocenters. The van der Waals surface area contributed by atoms with Crippen molar-refractivity contribution < 1.29 is 14.0 Å². The van der Waals surface area contributed by atoms with Crippen LogP contribution in [0.25, 0.3) is 22.9 Å². The number of benzene rings is 3. The van der Waals surface area contributed by atoms with Gasteiger partial charge in [0.1, 0.15) is 0 Å². The number of fused-ring (bicyclic) bond motifs is 1. The van der Waals surface area contributed by atoms with E-state index in [1.807, 2.05) is 54.3 Å². The summed E-state index contributed by atoms with van der Waals surface area (Å²) in [5, 5.41) is 8.24. The number of nitrogens with one attached hydrogen (secondary N) is 2. The molecule has 1 aliphatic rings. The molecule has 8 nitrogen and oxygen atoms in total. The minimum atomic E-state index is -0.407. The van der Waals surface area contributed by atoms with Gasteiger partial charge < -0.3 is 9.32 Å². The van der Waals surface area contributed by atoms with Crippen molar-refractivity contribution in [3.05, 3.63) is 89.5 Å². The van der Waals surface area contributed by atoms with E-state index in [-0.39, 0.29) is 12.5 Å². The zero-order chi connectivity index (χ0) is 24.2. The van der Waals surface area contributed by atoms with E-state index in [1.54, 1.807) is 24.3 Å². The fourth-order valence-electron chi connectivity index (χ4n) is 4.19. The van der Waals surface area contributed by atoms with Gasteiger partial charge in [-0.15, -0.1) is 10.2 Å². The van der Waals surface area contributed by atoms with Gasteiger partial charge >= 0.3 is 0 Å². The number of hydrogen-bond donors (Lipinski definition) is 2. The number of carbonyl (C=O) groups excluding carboxylic acids is 2. The van der Waals surface area contributed by atoms with Crippen molar-refractivity contribution in [1.82, 2.24) is 21.0 Å². The van der Waals surface area contributed by atoms with Crippen LogP contribution in [0.4, 0.5) is 5.69 Å². The molecule has 2 N–H and O–H groups in total. The lowest BCUT2D eigenvalue weighted by molar-refractivity contribution is -0.120. The van der Waals surface area contributed by atoms with Gasteiger partial charge in [0, 0.05) is 28.9 Å². The number of anilines is 1. The third-order valence-corrected chi connectivity index (χ3v) is 5.94. The van der Waals surface area contributed by atoms with Gasteiger partial charge in [-0.3, -0.25) is 20.4 Å². The molecule has 0 fully saturated rings. The smallest absolute Gasteiger partial charge is 0.269 e. The maximum atomic E-state index is 12.5. The Labute approximate surface area is 203 Å². The van der Waals surface area contributed by atoms with E-state index in [0.29, 0.717) is 22.9 Å². The predicted octanol–water partition coefficient (Wildman–Crippen LogP) is 3.93. The van der Waals surface area contributed by atoms with Crippen LogP contribution >= 0.6 is 0 Å². The molecular weight excluding hydrogens is 442 g/mol. The summed E-state index contributed by atoms with van der Waals surface area (Å²) in [6.07, 6.45) is 2.01. The van der Waals surface area contributed by atoms with E-state index in [1.165, 1.54) is 5.56 Å². The van der Waals surface area contributed by atoms with Gasteiger partial charge in [-0.05, 0) is 67.8 Å². The number of nitrogens with zero attached hydrogens (tertiary/aromatic N) is 3. The van der Waals surface area contributed by atoms with Gasteiger partial charge in [-0.1, -0.05) is 35.9 Å². The monoisotopic (exact) mass is 467 g/mol. The normalized spacial score (nSPS) is 12.7. The van der Waals surface area contributed by atoms with Crippen molar-refractivity contribution in [3.8, 4) is 22.9 Å². The lowest BCUT2D eigenvalue weighted by Crippen LogP contribution is -2.47. The summed E-state index contributed by atoms with van der Waals surface area (Å²) in [5.74, 6) is 0.115. The molecule has 1 aliphatic heterocycles. The number of para-hydroxylation sites is 1. The summed E-state index contributed by atoms with van der Waals surface area (Å²) in [4.78, 5) is 27.0. The third-order valence-electron chi connectivity index (χ3n) is 5.94. The number of aromatic nitrogens is 2. The summed E-state index contributed by atoms with van der Waals surface area (Å²) >= 11 is 0. The van der Waals surface area contributed by atoms with Crippen molar-refractivity contribution >= 4 is 17.5 Å². The fraction of sp³-hybridized carbons (Fsp3) is 0.185. The van der Waals surface area contributed by atoms with Gasteiger partial charge in [0.05, 0.1) is 6.54 Å². The quantitative estimate of drug-likeness (QED) is 0.432. The number of aryl methyl sites for hydroxylation is 2. The highest BCUT2D eigenvalue weighted by molar-refractivity contribution is 5.96. The van der Waals surface area contributed by atoms with Gasteiger partial charge in [-0.2, -0.15) is 0 Å². The summed E-state index contributed by atoms with van der Waals surface area (Å²) in [6, 6.07) is 22.7. The van der Waals surface area contributed by atoms with Gasteiger partial charge in [-0.25, -0.2) is 0 Å². The molecule has 0 saturated carbocycles. The highest BCUT2D eigenvalue weighted by Crippen LogP contribution is 2.26. The van der Waals surface area contributed by atoms with E-state index in [0.717, 1.165) is 36.2 Å². The minimum Gasteiger partial charge on any atom is -0.416 e. The zero-order valence-electron chi connectivity index (χ0n) is 19.3. The molecule has 0 aliphatic carbocycles. The number of hydrazine groups is 1. The van der Waals surface area contributed by atoms with Crippen LogP contribution in [0.5, 0.6) is 0 Å². The maximum absolute atomic E-state index is 12.5. The lowest BCUT2D eigenvalue weighted by Gasteiger charge is -2.30. The molecule has 0 bridgehead atoms. The van der Waals surface area contributed by atoms with Crippen LogP contribution in [-0.4, -0.2) is 35.1 Å². The Hall–Kier alpha value is -4.46. The molecule has 0 radical (unpaired) electrons. The van der Waals surface area contributed by atoms with Crippen LogP contribution in [0, 0.1) is 6.92 Å². The number of hydrogen-bond acceptors (Lipinski definition) is 6. The first-order valence-corrected chi connectivity index (χ1v) is 11.5. The molecular formula is C27H25N5O3. The van der Waals surface area contributed by atoms with Crippen LogP contribution in [0.3, 0.4) is 0 Å². The zero-order valence-corrected chi connectivity index (χ0v) is 19.3. The van der Waals surface area contributed by atoms with Crippen molar-refractivity contribution in [2.45, 2.75) is 19.8 Å². The highest BCUT2D eigenvalue weighted by Gasteiger charge is 2.19. The minimum absolute atomic E-state index is 0.177. The summed E-state index contributed by atoms with van der Waals surface area (Å²) in [7, 11) is 0. The molecule has 0 unspecified atom stereocenters. The number of carbonyl (C=O) groups is 2. The van der Waals surface area contributed by atoms with Crippen LogP contribution in [0.1, 0.15) is 27.9 Å². The van der Waals surface area contributed by atoms with Crippen LogP contribution in [-0.2, 0) is 11.2 Å². The summed E-state index contributed by atoms with van der Waals surface area (Å²) < 4.78 is 5.80. The average Bonchev–Trinajstić information content (AvgIpc) is 3.38. The lowest BCUT2D eigenvalue weighted by atomic mass is 10.0. The van der Waals surface area contributed by atoms with Crippen LogP contribution in [0.15, 0.2) is 77.2 Å². The second-order valence-corrected chi connectivity index (χ2v) is 8.52. The second-order valence-electron chi connectivity index (χ2n) is 8.52. The van der Waals surface area contributed by atoms with Crippen molar-refractivity contribution in [2.24, 2.45) is 0 Å². The van der Waals surface area contributed by atoms with Crippen molar-refractivity contribution in [1.29, 1.82) is 0 Å². The molecule has 0 saturated heterocycles. The standard InChI is InChI=1S/C27H25N5O3/c1-18-6-4-8-22(16-18)27-31-30-26(35-27)21-13-11-20(12-14-21)25(34)29-28-24(33)17-32-15-5-9-19-7-2-3-10-23(19)32/h2-4,6-8,10-14,16H,5,9,15,17H2,1H3,(H,28,33)(H,29,34). The van der Waals surface area contributed by atoms with E-state index in [9.17, 15) is 9.59 Å². The highest BCUT2D eigenvalue weighted by atomic mass is 16.4. The first kappa shape index (κ1) is 22.3. The second kappa shape index (κ2) is 9.80. The van der Waals surface area contributed by atoms with E-state index >= 15 is 0 Å². The molecule has 35 heavy (non-hydrogen) atoms. The van der Waals surface area contributed by atoms with E-state index in [4.69, 9.17) is 4.42 Å². The molecule has 0 spiro atoms. The Kier molecular flexibility index (Phi) is 6.26. The molecule has 2 amide bonds. The largest absolute Gasteiger partial charge is 0.416 e. The molecule has 3 aromatic carbocycles. The van der Waals surface area contributed by atoms with Crippen molar-refractivity contribution in [3.63, 3.8) is 0 Å². The Morgan fingerprint density at radius 3 is 2.49 bits per heavy atom. The molecule has 4 aromatic rings. The first-order valence-electron chi connectivity index (χ1n) is 11.5. The Bertz CT molecular complexity index is 1360. The van der Waals surface area contributed by atoms with Gasteiger partial charge in [0.25, 0.3) is 11.8 Å². The van der Waals surface area contributed by atoms with Crippen molar-refractivity contribution in [2.75, 3.05) is 18.0 Å². The molecule has 5 rings (SSSR count). The van der Waals surface area contributed by atoms with E-state index in [2.05, 4.69) is 27.1 Å². The topological polar surface area (TPSA) is 100 Å². The number of amides is 2. The van der Waals surface area contributed by atoms with Crippen LogP contribution < -0.4 is 15.8 Å². The molecule has 2 heterocycles. The molecule has 8 heteroatoms. The SMILES string of the molecule is Cc1cccc(-c2nnc(-c3ccc(C(=O)NNC(=O)CN4CCCc5ccccc54)cc3)o2)c1. The molecule has 176 valence electrons. The number of rotatable bonds is 5. The van der Waals surface area contributed by atoms with Crippen LogP contribution in [0.2, 0.25) is 0 Å². The first-order chi connectivity index (χ1) is 17.1. The fourth-order valence-corrected chi connectivity index (χ4v) is 4.19. The van der Waals surface area contributed by atoms with Gasteiger partial charge in [0.15, 0.2) is 0 Å². The third kappa shape index (κ3) is 5.06. The Balaban J connectivity index is 1.17. The van der Waals surface area contributed by atoms with Gasteiger partial charge in [0.2, 0.25) is 11.8 Å². The summed E-state index contributed by atoms with van der Waals surface area (Å²) in [6.45, 7) is 2.98. The van der Waals surface area contributed by atoms with E-state index < -0.39 is 5.91 Å².